The van der Waals surface area contributed by atoms with Gasteiger partial charge in [0.25, 0.3) is 5.91 Å². The molecule has 0 aliphatic carbocycles. The smallest absolute Gasteiger partial charge is 0.280 e. The van der Waals surface area contributed by atoms with Gasteiger partial charge < -0.3 is 4.98 Å². The molecule has 0 bridgehead atoms. The van der Waals surface area contributed by atoms with Gasteiger partial charge in [0.05, 0.1) is 16.3 Å². The van der Waals surface area contributed by atoms with Crippen molar-refractivity contribution in [3.8, 4) is 5.69 Å². The summed E-state index contributed by atoms with van der Waals surface area (Å²) in [6.07, 6.45) is 5.29. The molecule has 3 aromatic heterocycles. The highest BCUT2D eigenvalue weighted by molar-refractivity contribution is 7.09. The van der Waals surface area contributed by atoms with Gasteiger partial charge in [0, 0.05) is 28.9 Å². The van der Waals surface area contributed by atoms with Crippen molar-refractivity contribution < 1.29 is 4.79 Å². The van der Waals surface area contributed by atoms with Gasteiger partial charge in [0.15, 0.2) is 4.80 Å². The van der Waals surface area contributed by atoms with E-state index in [0.29, 0.717) is 21.0 Å². The van der Waals surface area contributed by atoms with Crippen molar-refractivity contribution in [2.24, 2.45) is 4.99 Å². The molecule has 7 heteroatoms. The molecule has 5 nitrogen and oxygen atoms in total. The number of para-hydroxylation sites is 1. The van der Waals surface area contributed by atoms with E-state index in [2.05, 4.69) is 15.0 Å². The Bertz CT molecular complexity index is 1160. The van der Waals surface area contributed by atoms with Gasteiger partial charge in [-0.1, -0.05) is 23.7 Å². The first kappa shape index (κ1) is 15.8. The highest BCUT2D eigenvalue weighted by Gasteiger charge is 2.12. The number of carbonyl (C=O) groups excluding carboxylic acids is 1. The average Bonchev–Trinajstić information content (AvgIpc) is 3.21. The number of hydrogen-bond acceptors (Lipinski definition) is 3. The number of nitrogens with one attached hydrogen (secondary N) is 1. The molecule has 4 aromatic rings. The Labute approximate surface area is 152 Å². The minimum absolute atomic E-state index is 0.311. The number of pyridine rings is 1. The molecule has 1 N–H and O–H groups in total. The van der Waals surface area contributed by atoms with E-state index in [-0.39, 0.29) is 5.91 Å². The second-order valence-corrected chi connectivity index (χ2v) is 7.08. The standard InChI is InChI=1S/C18H13ClN4OS/c1-11-10-23(15-5-3-2-4-14(15)19)18(25-11)22-17(24)13-7-9-21-16-12(13)6-8-20-16/h2-10H,1H3,(H,20,21). The lowest BCUT2D eigenvalue weighted by molar-refractivity contribution is 0.0999. The van der Waals surface area contributed by atoms with Crippen molar-refractivity contribution in [3.05, 3.63) is 75.3 Å². The number of hydrogen-bond donors (Lipinski definition) is 1. The number of aromatic amines is 1. The van der Waals surface area contributed by atoms with Gasteiger partial charge >= 0.3 is 0 Å². The van der Waals surface area contributed by atoms with Crippen LogP contribution in [-0.2, 0) is 0 Å². The number of H-pyrrole nitrogens is 1. The summed E-state index contributed by atoms with van der Waals surface area (Å²) in [6.45, 7) is 1.97. The lowest BCUT2D eigenvalue weighted by Crippen LogP contribution is -2.15. The zero-order valence-corrected chi connectivity index (χ0v) is 14.8. The van der Waals surface area contributed by atoms with Gasteiger partial charge in [-0.05, 0) is 31.2 Å². The largest absolute Gasteiger partial charge is 0.346 e. The van der Waals surface area contributed by atoms with Gasteiger partial charge in [-0.15, -0.1) is 11.3 Å². The number of halogens is 1. The first-order valence-corrected chi connectivity index (χ1v) is 8.78. The van der Waals surface area contributed by atoms with Crippen LogP contribution in [0.2, 0.25) is 5.02 Å². The van der Waals surface area contributed by atoms with Gasteiger partial charge in [-0.2, -0.15) is 4.99 Å². The molecule has 0 atom stereocenters. The summed E-state index contributed by atoms with van der Waals surface area (Å²) in [6, 6.07) is 11.0. The molecule has 1 aromatic carbocycles. The van der Waals surface area contributed by atoms with E-state index in [1.165, 1.54) is 11.3 Å². The van der Waals surface area contributed by atoms with Crippen LogP contribution >= 0.6 is 22.9 Å². The van der Waals surface area contributed by atoms with Crippen LogP contribution in [-0.4, -0.2) is 20.4 Å². The molecule has 0 saturated heterocycles. The minimum Gasteiger partial charge on any atom is -0.346 e. The summed E-state index contributed by atoms with van der Waals surface area (Å²) in [4.78, 5) is 25.9. The molecular formula is C18H13ClN4OS. The van der Waals surface area contributed by atoms with Crippen LogP contribution in [0.4, 0.5) is 0 Å². The van der Waals surface area contributed by atoms with E-state index in [0.717, 1.165) is 16.0 Å². The number of nitrogens with zero attached hydrogens (tertiary/aromatic N) is 3. The van der Waals surface area contributed by atoms with Gasteiger partial charge in [0.1, 0.15) is 5.65 Å². The Morgan fingerprint density at radius 3 is 2.96 bits per heavy atom. The van der Waals surface area contributed by atoms with Crippen LogP contribution in [0.15, 0.2) is 60.0 Å². The molecule has 0 spiro atoms. The Morgan fingerprint density at radius 2 is 2.12 bits per heavy atom. The number of carbonyl (C=O) groups is 1. The van der Waals surface area contributed by atoms with E-state index in [1.54, 1.807) is 18.5 Å². The summed E-state index contributed by atoms with van der Waals surface area (Å²) < 4.78 is 1.84. The number of rotatable bonds is 2. The molecule has 4 rings (SSSR count). The fourth-order valence-electron chi connectivity index (χ4n) is 2.65. The summed E-state index contributed by atoms with van der Waals surface area (Å²) >= 11 is 7.74. The minimum atomic E-state index is -0.311. The van der Waals surface area contributed by atoms with Crippen molar-refractivity contribution in [2.45, 2.75) is 6.92 Å². The molecule has 25 heavy (non-hydrogen) atoms. The van der Waals surface area contributed by atoms with E-state index in [1.807, 2.05) is 48.0 Å². The second-order valence-electron chi connectivity index (χ2n) is 5.46. The zero-order valence-electron chi connectivity index (χ0n) is 13.2. The van der Waals surface area contributed by atoms with Crippen LogP contribution in [0.25, 0.3) is 16.7 Å². The third-order valence-corrected chi connectivity index (χ3v) is 4.99. The second kappa shape index (κ2) is 6.31. The van der Waals surface area contributed by atoms with Crippen LogP contribution < -0.4 is 4.80 Å². The molecule has 124 valence electrons. The molecule has 0 saturated carbocycles. The maximum Gasteiger partial charge on any atom is 0.280 e. The third kappa shape index (κ3) is 2.90. The molecule has 0 fully saturated rings. The molecule has 3 heterocycles. The Hall–Kier alpha value is -2.70. The van der Waals surface area contributed by atoms with E-state index in [4.69, 9.17) is 11.6 Å². The SMILES string of the molecule is Cc1cn(-c2ccccc2Cl)c(=NC(=O)c2ccnc3[nH]ccc23)s1. The first-order chi connectivity index (χ1) is 12.1. The number of thiazole rings is 1. The molecule has 0 aliphatic rings. The zero-order chi connectivity index (χ0) is 17.4. The number of aryl methyl sites for hydroxylation is 1. The quantitative estimate of drug-likeness (QED) is 0.578. The molecule has 0 radical (unpaired) electrons. The highest BCUT2D eigenvalue weighted by atomic mass is 35.5. The van der Waals surface area contributed by atoms with Crippen molar-refractivity contribution in [3.63, 3.8) is 0 Å². The summed E-state index contributed by atoms with van der Waals surface area (Å²) in [7, 11) is 0. The maximum atomic E-state index is 12.8. The average molecular weight is 369 g/mol. The summed E-state index contributed by atoms with van der Waals surface area (Å²) in [5, 5.41) is 1.36. The molecule has 1 amide bonds. The Kier molecular flexibility index (Phi) is 3.99. The lowest BCUT2D eigenvalue weighted by Gasteiger charge is -2.05. The fourth-order valence-corrected chi connectivity index (χ4v) is 3.70. The van der Waals surface area contributed by atoms with Crippen LogP contribution in [0.1, 0.15) is 15.2 Å². The van der Waals surface area contributed by atoms with Crippen molar-refractivity contribution in [2.75, 3.05) is 0 Å². The van der Waals surface area contributed by atoms with E-state index >= 15 is 0 Å². The Balaban J connectivity index is 1.87. The monoisotopic (exact) mass is 368 g/mol. The van der Waals surface area contributed by atoms with Crippen LogP contribution in [0, 0.1) is 6.92 Å². The van der Waals surface area contributed by atoms with E-state index in [9.17, 15) is 4.79 Å². The molecule has 0 unspecified atom stereocenters. The topological polar surface area (TPSA) is 63.0 Å². The first-order valence-electron chi connectivity index (χ1n) is 7.58. The van der Waals surface area contributed by atoms with Crippen LogP contribution in [0.3, 0.4) is 0 Å². The van der Waals surface area contributed by atoms with E-state index < -0.39 is 0 Å². The lowest BCUT2D eigenvalue weighted by atomic mass is 10.2. The predicted molar refractivity (Wildman–Crippen MR) is 99.4 cm³/mol. The van der Waals surface area contributed by atoms with Crippen molar-refractivity contribution >= 4 is 39.9 Å². The summed E-state index contributed by atoms with van der Waals surface area (Å²) in [5.41, 5.74) is 1.98. The highest BCUT2D eigenvalue weighted by Crippen LogP contribution is 2.20. The molecular weight excluding hydrogens is 356 g/mol. The number of amides is 1. The van der Waals surface area contributed by atoms with Gasteiger partial charge in [-0.25, -0.2) is 4.98 Å². The van der Waals surface area contributed by atoms with Crippen molar-refractivity contribution in [1.82, 2.24) is 14.5 Å². The third-order valence-electron chi connectivity index (χ3n) is 3.77. The normalized spacial score (nSPS) is 12.0. The molecule has 0 aliphatic heterocycles. The van der Waals surface area contributed by atoms with Crippen LogP contribution in [0.5, 0.6) is 0 Å². The fraction of sp³-hybridized carbons (Fsp3) is 0.0556. The number of aromatic nitrogens is 3. The predicted octanol–water partition coefficient (Wildman–Crippen LogP) is 4.12. The maximum absolute atomic E-state index is 12.8. The summed E-state index contributed by atoms with van der Waals surface area (Å²) in [5.74, 6) is -0.311. The number of fused-ring (bicyclic) bond motifs is 1. The van der Waals surface area contributed by atoms with Gasteiger partial charge in [0.2, 0.25) is 0 Å². The van der Waals surface area contributed by atoms with Crippen molar-refractivity contribution in [1.29, 1.82) is 0 Å². The Morgan fingerprint density at radius 1 is 1.28 bits per heavy atom. The van der Waals surface area contributed by atoms with Gasteiger partial charge in [-0.3, -0.25) is 9.36 Å². The number of benzene rings is 1.